The van der Waals surface area contributed by atoms with E-state index in [1.165, 1.54) is 0 Å². The quantitative estimate of drug-likeness (QED) is 0.357. The molecule has 0 aliphatic rings. The SMILES string of the molecule is CN=C(NCCOCc1ccccc1)NCc1ccc(COCC(F)(F)F)cc1. The van der Waals surface area contributed by atoms with Gasteiger partial charge in [-0.05, 0) is 16.7 Å². The molecule has 2 aromatic carbocycles. The van der Waals surface area contributed by atoms with Gasteiger partial charge < -0.3 is 20.1 Å². The van der Waals surface area contributed by atoms with Crippen molar-refractivity contribution in [3.8, 4) is 0 Å². The molecule has 0 amide bonds. The molecule has 5 nitrogen and oxygen atoms in total. The molecule has 0 atom stereocenters. The fraction of sp³-hybridized carbons (Fsp3) is 0.381. The Morgan fingerprint density at radius 3 is 2.14 bits per heavy atom. The number of nitrogens with one attached hydrogen (secondary N) is 2. The van der Waals surface area contributed by atoms with Crippen molar-refractivity contribution in [2.45, 2.75) is 25.9 Å². The maximum atomic E-state index is 12.1. The van der Waals surface area contributed by atoms with Crippen molar-refractivity contribution in [1.29, 1.82) is 0 Å². The first-order valence-corrected chi connectivity index (χ1v) is 9.25. The minimum Gasteiger partial charge on any atom is -0.375 e. The zero-order valence-electron chi connectivity index (χ0n) is 16.3. The van der Waals surface area contributed by atoms with Crippen molar-refractivity contribution in [2.24, 2.45) is 4.99 Å². The number of hydrogen-bond donors (Lipinski definition) is 2. The van der Waals surface area contributed by atoms with E-state index in [1.807, 2.05) is 42.5 Å². The Morgan fingerprint density at radius 2 is 1.48 bits per heavy atom. The summed E-state index contributed by atoms with van der Waals surface area (Å²) in [7, 11) is 1.68. The summed E-state index contributed by atoms with van der Waals surface area (Å²) < 4.78 is 46.5. The van der Waals surface area contributed by atoms with Crippen molar-refractivity contribution >= 4 is 5.96 Å². The molecule has 2 N–H and O–H groups in total. The van der Waals surface area contributed by atoms with Gasteiger partial charge in [-0.15, -0.1) is 0 Å². The predicted octanol–water partition coefficient (Wildman–Crippen LogP) is 3.65. The number of aliphatic imine (C=N–C) groups is 1. The fourth-order valence-electron chi connectivity index (χ4n) is 2.45. The highest BCUT2D eigenvalue weighted by Gasteiger charge is 2.27. The van der Waals surface area contributed by atoms with Crippen LogP contribution in [0.1, 0.15) is 16.7 Å². The van der Waals surface area contributed by atoms with Crippen LogP contribution in [0.15, 0.2) is 59.6 Å². The van der Waals surface area contributed by atoms with Crippen LogP contribution in [0.4, 0.5) is 13.2 Å². The van der Waals surface area contributed by atoms with E-state index < -0.39 is 12.8 Å². The maximum Gasteiger partial charge on any atom is 0.411 e. The smallest absolute Gasteiger partial charge is 0.375 e. The van der Waals surface area contributed by atoms with E-state index in [-0.39, 0.29) is 6.61 Å². The lowest BCUT2D eigenvalue weighted by Crippen LogP contribution is -2.38. The molecular weight excluding hydrogens is 383 g/mol. The molecule has 0 saturated heterocycles. The van der Waals surface area contributed by atoms with E-state index in [1.54, 1.807) is 19.2 Å². The van der Waals surface area contributed by atoms with E-state index in [0.717, 1.165) is 11.1 Å². The lowest BCUT2D eigenvalue weighted by molar-refractivity contribution is -0.176. The van der Waals surface area contributed by atoms with Gasteiger partial charge in [0, 0.05) is 20.1 Å². The van der Waals surface area contributed by atoms with Gasteiger partial charge in [-0.1, -0.05) is 54.6 Å². The zero-order valence-corrected chi connectivity index (χ0v) is 16.3. The van der Waals surface area contributed by atoms with Crippen LogP contribution in [0.3, 0.4) is 0 Å². The number of benzene rings is 2. The van der Waals surface area contributed by atoms with Crippen LogP contribution in [0, 0.1) is 0 Å². The second-order valence-electron chi connectivity index (χ2n) is 6.32. The van der Waals surface area contributed by atoms with Crippen LogP contribution in [0.5, 0.6) is 0 Å². The van der Waals surface area contributed by atoms with Crippen molar-refractivity contribution in [3.63, 3.8) is 0 Å². The largest absolute Gasteiger partial charge is 0.411 e. The van der Waals surface area contributed by atoms with Gasteiger partial charge in [0.25, 0.3) is 0 Å². The van der Waals surface area contributed by atoms with Gasteiger partial charge in [-0.3, -0.25) is 4.99 Å². The molecule has 2 rings (SSSR count). The number of rotatable bonds is 10. The van der Waals surface area contributed by atoms with E-state index in [9.17, 15) is 13.2 Å². The van der Waals surface area contributed by atoms with Crippen LogP contribution >= 0.6 is 0 Å². The van der Waals surface area contributed by atoms with E-state index in [2.05, 4.69) is 20.4 Å². The molecule has 0 unspecified atom stereocenters. The van der Waals surface area contributed by atoms with Crippen LogP contribution in [-0.2, 0) is 29.2 Å². The normalized spacial score (nSPS) is 12.1. The highest BCUT2D eigenvalue weighted by Crippen LogP contribution is 2.15. The Labute approximate surface area is 168 Å². The molecule has 0 heterocycles. The minimum absolute atomic E-state index is 0.0700. The molecule has 0 aromatic heterocycles. The molecule has 0 aliphatic carbocycles. The van der Waals surface area contributed by atoms with Crippen molar-refractivity contribution in [1.82, 2.24) is 10.6 Å². The molecule has 2 aromatic rings. The van der Waals surface area contributed by atoms with Crippen LogP contribution < -0.4 is 10.6 Å². The van der Waals surface area contributed by atoms with Crippen LogP contribution in [0.2, 0.25) is 0 Å². The van der Waals surface area contributed by atoms with Gasteiger partial charge in [0.2, 0.25) is 0 Å². The Bertz CT molecular complexity index is 735. The van der Waals surface area contributed by atoms with Gasteiger partial charge in [0.05, 0.1) is 19.8 Å². The number of halogens is 3. The molecule has 0 fully saturated rings. The number of alkyl halides is 3. The number of nitrogens with zero attached hydrogens (tertiary/aromatic N) is 1. The Hall–Kier alpha value is -2.58. The van der Waals surface area contributed by atoms with E-state index >= 15 is 0 Å². The third kappa shape index (κ3) is 9.96. The molecule has 0 radical (unpaired) electrons. The molecule has 0 bridgehead atoms. The first-order chi connectivity index (χ1) is 14.0. The van der Waals surface area contributed by atoms with Crippen molar-refractivity contribution < 1.29 is 22.6 Å². The highest BCUT2D eigenvalue weighted by molar-refractivity contribution is 5.79. The molecule has 29 heavy (non-hydrogen) atoms. The summed E-state index contributed by atoms with van der Waals surface area (Å²) in [6.07, 6.45) is -4.31. The fourth-order valence-corrected chi connectivity index (χ4v) is 2.45. The number of hydrogen-bond acceptors (Lipinski definition) is 3. The summed E-state index contributed by atoms with van der Waals surface area (Å²) in [5.74, 6) is 0.644. The van der Waals surface area contributed by atoms with E-state index in [0.29, 0.717) is 37.8 Å². The third-order valence-electron chi connectivity index (χ3n) is 3.89. The summed E-state index contributed by atoms with van der Waals surface area (Å²) in [4.78, 5) is 4.15. The molecule has 8 heteroatoms. The highest BCUT2D eigenvalue weighted by atomic mass is 19.4. The molecule has 0 aliphatic heterocycles. The Morgan fingerprint density at radius 1 is 0.862 bits per heavy atom. The number of guanidine groups is 1. The summed E-state index contributed by atoms with van der Waals surface area (Å²) in [5.41, 5.74) is 2.80. The van der Waals surface area contributed by atoms with Gasteiger partial charge in [0.1, 0.15) is 6.61 Å². The van der Waals surface area contributed by atoms with Crippen LogP contribution in [-0.4, -0.2) is 38.9 Å². The summed E-state index contributed by atoms with van der Waals surface area (Å²) in [6.45, 7) is 0.943. The number of ether oxygens (including phenoxy) is 2. The monoisotopic (exact) mass is 409 g/mol. The van der Waals surface area contributed by atoms with Gasteiger partial charge in [0.15, 0.2) is 5.96 Å². The summed E-state index contributed by atoms with van der Waals surface area (Å²) >= 11 is 0. The third-order valence-corrected chi connectivity index (χ3v) is 3.89. The van der Waals surface area contributed by atoms with Crippen LogP contribution in [0.25, 0.3) is 0 Å². The Kier molecular flexibility index (Phi) is 9.46. The topological polar surface area (TPSA) is 54.9 Å². The second-order valence-corrected chi connectivity index (χ2v) is 6.32. The Balaban J connectivity index is 1.63. The average Bonchev–Trinajstić information content (AvgIpc) is 2.71. The minimum atomic E-state index is -4.31. The molecular formula is C21H26F3N3O2. The first kappa shape index (κ1) is 22.7. The van der Waals surface area contributed by atoms with E-state index in [4.69, 9.17) is 4.74 Å². The molecule has 0 spiro atoms. The maximum absolute atomic E-state index is 12.1. The summed E-state index contributed by atoms with van der Waals surface area (Å²) in [5, 5.41) is 6.35. The van der Waals surface area contributed by atoms with Gasteiger partial charge >= 0.3 is 6.18 Å². The zero-order chi connectivity index (χ0) is 21.0. The standard InChI is InChI=1S/C21H26F3N3O2/c1-25-20(26-11-12-28-14-18-5-3-2-4-6-18)27-13-17-7-9-19(10-8-17)15-29-16-21(22,23)24/h2-10H,11-16H2,1H3,(H2,25,26,27). The molecule has 158 valence electrons. The van der Waals surface area contributed by atoms with Crippen molar-refractivity contribution in [3.05, 3.63) is 71.3 Å². The second kappa shape index (κ2) is 12.1. The molecule has 0 saturated carbocycles. The van der Waals surface area contributed by atoms with Gasteiger partial charge in [-0.2, -0.15) is 13.2 Å². The van der Waals surface area contributed by atoms with Crippen molar-refractivity contribution in [2.75, 3.05) is 26.8 Å². The lowest BCUT2D eigenvalue weighted by atomic mass is 10.1. The van der Waals surface area contributed by atoms with Gasteiger partial charge in [-0.25, -0.2) is 0 Å². The average molecular weight is 409 g/mol. The summed E-state index contributed by atoms with van der Waals surface area (Å²) in [6, 6.07) is 17.1. The predicted molar refractivity (Wildman–Crippen MR) is 106 cm³/mol. The first-order valence-electron chi connectivity index (χ1n) is 9.25. The lowest BCUT2D eigenvalue weighted by Gasteiger charge is -2.13.